The Morgan fingerprint density at radius 3 is 2.54 bits per heavy atom. The van der Waals surface area contributed by atoms with Gasteiger partial charge in [-0.05, 0) is 35.7 Å². The van der Waals surface area contributed by atoms with E-state index in [-0.39, 0.29) is 28.2 Å². The summed E-state index contributed by atoms with van der Waals surface area (Å²) in [5.74, 6) is 1.00. The molecule has 0 fully saturated rings. The zero-order chi connectivity index (χ0) is 20.3. The van der Waals surface area contributed by atoms with Crippen molar-refractivity contribution in [3.63, 3.8) is 0 Å². The van der Waals surface area contributed by atoms with E-state index < -0.39 is 10.8 Å². The standard InChI is InChI=1S/C20H21ClN2O5/c1-12(2)19(13-5-7-17-18(11-13)28-9-3-8-27-17)22-20(24)14-4-6-15(21)16(10-14)23(25)26/h4-7,10-12,19H,3,8-9H2,1-2H3,(H,22,24)/t19-/m1/s1. The lowest BCUT2D eigenvalue weighted by Crippen LogP contribution is -2.31. The molecular weight excluding hydrogens is 384 g/mol. The third kappa shape index (κ3) is 4.36. The fraction of sp³-hybridized carbons (Fsp3) is 0.350. The number of hydrogen-bond donors (Lipinski definition) is 1. The number of carbonyl (C=O) groups is 1. The van der Waals surface area contributed by atoms with E-state index >= 15 is 0 Å². The molecule has 1 atom stereocenters. The summed E-state index contributed by atoms with van der Waals surface area (Å²) in [4.78, 5) is 23.2. The molecular formula is C20H21ClN2O5. The van der Waals surface area contributed by atoms with Crippen LogP contribution in [-0.4, -0.2) is 24.0 Å². The molecule has 0 radical (unpaired) electrons. The molecule has 2 aromatic rings. The van der Waals surface area contributed by atoms with Crippen LogP contribution in [0.4, 0.5) is 5.69 Å². The van der Waals surface area contributed by atoms with Crippen LogP contribution in [0.3, 0.4) is 0 Å². The summed E-state index contributed by atoms with van der Waals surface area (Å²) in [5.41, 5.74) is 0.748. The topological polar surface area (TPSA) is 90.7 Å². The van der Waals surface area contributed by atoms with E-state index in [1.807, 2.05) is 32.0 Å². The zero-order valence-electron chi connectivity index (χ0n) is 15.6. The first-order valence-corrected chi connectivity index (χ1v) is 9.39. The maximum atomic E-state index is 12.7. The summed E-state index contributed by atoms with van der Waals surface area (Å²) in [6, 6.07) is 9.30. The summed E-state index contributed by atoms with van der Waals surface area (Å²) in [6.45, 7) is 5.15. The monoisotopic (exact) mass is 404 g/mol. The number of rotatable bonds is 5. The van der Waals surface area contributed by atoms with Crippen molar-refractivity contribution in [1.82, 2.24) is 5.32 Å². The number of hydrogen-bond acceptors (Lipinski definition) is 5. The van der Waals surface area contributed by atoms with Crippen LogP contribution in [0.1, 0.15) is 42.2 Å². The third-order valence-electron chi connectivity index (χ3n) is 4.49. The summed E-state index contributed by atoms with van der Waals surface area (Å²) >= 11 is 5.83. The highest BCUT2D eigenvalue weighted by atomic mass is 35.5. The number of amides is 1. The lowest BCUT2D eigenvalue weighted by Gasteiger charge is -2.24. The van der Waals surface area contributed by atoms with Gasteiger partial charge in [0.1, 0.15) is 5.02 Å². The van der Waals surface area contributed by atoms with Gasteiger partial charge in [-0.2, -0.15) is 0 Å². The first-order chi connectivity index (χ1) is 13.4. The molecule has 1 aliphatic heterocycles. The molecule has 1 heterocycles. The van der Waals surface area contributed by atoms with Crippen molar-refractivity contribution < 1.29 is 19.2 Å². The quantitative estimate of drug-likeness (QED) is 0.583. The van der Waals surface area contributed by atoms with Crippen molar-refractivity contribution in [3.05, 3.63) is 62.7 Å². The second-order valence-electron chi connectivity index (χ2n) is 6.88. The van der Waals surface area contributed by atoms with Gasteiger partial charge in [0.25, 0.3) is 11.6 Å². The first kappa shape index (κ1) is 19.9. The largest absolute Gasteiger partial charge is 0.490 e. The number of nitro groups is 1. The molecule has 8 heteroatoms. The molecule has 1 amide bonds. The van der Waals surface area contributed by atoms with Crippen LogP contribution in [0.25, 0.3) is 0 Å². The Labute approximate surface area is 167 Å². The Morgan fingerprint density at radius 1 is 1.14 bits per heavy atom. The highest BCUT2D eigenvalue weighted by Crippen LogP contribution is 2.34. The van der Waals surface area contributed by atoms with Crippen molar-refractivity contribution in [1.29, 1.82) is 0 Å². The summed E-state index contributed by atoms with van der Waals surface area (Å²) in [5, 5.41) is 14.0. The average molecular weight is 405 g/mol. The Morgan fingerprint density at radius 2 is 1.86 bits per heavy atom. The lowest BCUT2D eigenvalue weighted by atomic mass is 9.95. The molecule has 0 saturated carbocycles. The highest BCUT2D eigenvalue weighted by Gasteiger charge is 2.23. The molecule has 148 valence electrons. The van der Waals surface area contributed by atoms with Gasteiger partial charge in [0.05, 0.1) is 24.2 Å². The molecule has 7 nitrogen and oxygen atoms in total. The minimum absolute atomic E-state index is 0.00939. The molecule has 0 unspecified atom stereocenters. The molecule has 1 N–H and O–H groups in total. The molecule has 1 aliphatic rings. The second-order valence-corrected chi connectivity index (χ2v) is 7.28. The predicted molar refractivity (Wildman–Crippen MR) is 105 cm³/mol. The minimum atomic E-state index is -0.608. The summed E-state index contributed by atoms with van der Waals surface area (Å²) in [7, 11) is 0. The fourth-order valence-corrected chi connectivity index (χ4v) is 3.21. The van der Waals surface area contributed by atoms with E-state index in [4.69, 9.17) is 21.1 Å². The predicted octanol–water partition coefficient (Wildman–Crippen LogP) is 4.54. The maximum absolute atomic E-state index is 12.7. The number of benzene rings is 2. The molecule has 2 aromatic carbocycles. The van der Waals surface area contributed by atoms with Crippen LogP contribution in [0.5, 0.6) is 11.5 Å². The maximum Gasteiger partial charge on any atom is 0.288 e. The second kappa shape index (κ2) is 8.48. The van der Waals surface area contributed by atoms with E-state index in [2.05, 4.69) is 5.32 Å². The van der Waals surface area contributed by atoms with Crippen LogP contribution in [0.15, 0.2) is 36.4 Å². The van der Waals surface area contributed by atoms with Gasteiger partial charge in [0.2, 0.25) is 0 Å². The number of nitrogens with zero attached hydrogens (tertiary/aromatic N) is 1. The molecule has 0 aliphatic carbocycles. The van der Waals surface area contributed by atoms with E-state index in [0.717, 1.165) is 12.0 Å². The number of carbonyl (C=O) groups excluding carboxylic acids is 1. The highest BCUT2D eigenvalue weighted by molar-refractivity contribution is 6.32. The zero-order valence-corrected chi connectivity index (χ0v) is 16.4. The van der Waals surface area contributed by atoms with Crippen molar-refractivity contribution in [2.24, 2.45) is 5.92 Å². The molecule has 28 heavy (non-hydrogen) atoms. The first-order valence-electron chi connectivity index (χ1n) is 9.01. The average Bonchev–Trinajstić information content (AvgIpc) is 2.90. The smallest absolute Gasteiger partial charge is 0.288 e. The van der Waals surface area contributed by atoms with Crippen LogP contribution < -0.4 is 14.8 Å². The van der Waals surface area contributed by atoms with Gasteiger partial charge in [0.15, 0.2) is 11.5 Å². The number of ether oxygens (including phenoxy) is 2. The van der Waals surface area contributed by atoms with Gasteiger partial charge in [-0.25, -0.2) is 0 Å². The normalized spacial score (nSPS) is 14.3. The lowest BCUT2D eigenvalue weighted by molar-refractivity contribution is -0.384. The molecule has 0 bridgehead atoms. The Kier molecular flexibility index (Phi) is 6.04. The summed E-state index contributed by atoms with van der Waals surface area (Å²) in [6.07, 6.45) is 0.809. The summed E-state index contributed by atoms with van der Waals surface area (Å²) < 4.78 is 11.4. The fourth-order valence-electron chi connectivity index (χ4n) is 3.03. The van der Waals surface area contributed by atoms with Crippen LogP contribution in [0.2, 0.25) is 5.02 Å². The number of halogens is 1. The Balaban J connectivity index is 1.86. The van der Waals surface area contributed by atoms with Crippen LogP contribution in [-0.2, 0) is 0 Å². The van der Waals surface area contributed by atoms with E-state index in [1.165, 1.54) is 18.2 Å². The van der Waals surface area contributed by atoms with Crippen LogP contribution >= 0.6 is 11.6 Å². The number of nitro benzene ring substituents is 1. The molecule has 0 saturated heterocycles. The number of nitrogens with one attached hydrogen (secondary N) is 1. The van der Waals surface area contributed by atoms with Gasteiger partial charge in [-0.3, -0.25) is 14.9 Å². The van der Waals surface area contributed by atoms with E-state index in [0.29, 0.717) is 24.7 Å². The molecule has 0 aromatic heterocycles. The van der Waals surface area contributed by atoms with Gasteiger partial charge < -0.3 is 14.8 Å². The van der Waals surface area contributed by atoms with Crippen LogP contribution in [0, 0.1) is 16.0 Å². The van der Waals surface area contributed by atoms with E-state index in [1.54, 1.807) is 0 Å². The van der Waals surface area contributed by atoms with Crippen molar-refractivity contribution in [2.45, 2.75) is 26.3 Å². The Bertz CT molecular complexity index is 900. The number of fused-ring (bicyclic) bond motifs is 1. The van der Waals surface area contributed by atoms with Crippen molar-refractivity contribution in [2.75, 3.05) is 13.2 Å². The van der Waals surface area contributed by atoms with Gasteiger partial charge in [-0.1, -0.05) is 31.5 Å². The van der Waals surface area contributed by atoms with Gasteiger partial charge in [-0.15, -0.1) is 0 Å². The van der Waals surface area contributed by atoms with Crippen molar-refractivity contribution in [3.8, 4) is 11.5 Å². The molecule has 0 spiro atoms. The van der Waals surface area contributed by atoms with Gasteiger partial charge in [0, 0.05) is 18.1 Å². The Hall–Kier alpha value is -2.80. The third-order valence-corrected chi connectivity index (χ3v) is 4.81. The minimum Gasteiger partial charge on any atom is -0.490 e. The van der Waals surface area contributed by atoms with Gasteiger partial charge >= 0.3 is 0 Å². The SMILES string of the molecule is CC(C)[C@@H](NC(=O)c1ccc(Cl)c([N+](=O)[O-])c1)c1ccc2c(c1)OCCCO2. The van der Waals surface area contributed by atoms with E-state index in [9.17, 15) is 14.9 Å². The molecule has 3 rings (SSSR count). The van der Waals surface area contributed by atoms with Crippen molar-refractivity contribution >= 4 is 23.2 Å².